The van der Waals surface area contributed by atoms with Crippen molar-refractivity contribution in [3.8, 4) is 0 Å². The standard InChI is InChI=1S/C19H21FN2O4S/c20-16-9-4-10-17(12-16)22-14-18(26-19(22)23)13-21-27(24,25)11-5-8-15-6-2-1-3-7-15/h1-4,6-7,9-10,12,18,21H,5,8,11,13-14H2. The number of halogens is 1. The fourth-order valence-corrected chi connectivity index (χ4v) is 3.99. The SMILES string of the molecule is O=C1OC(CNS(=O)(=O)CCCc2ccccc2)CN1c1cccc(F)c1. The number of carbonyl (C=O) groups excluding carboxylic acids is 1. The van der Waals surface area contributed by atoms with Gasteiger partial charge in [-0.25, -0.2) is 22.3 Å². The van der Waals surface area contributed by atoms with E-state index < -0.39 is 28.0 Å². The summed E-state index contributed by atoms with van der Waals surface area (Å²) in [5, 5.41) is 0. The molecule has 1 N–H and O–H groups in total. The fourth-order valence-electron chi connectivity index (χ4n) is 2.89. The summed E-state index contributed by atoms with van der Waals surface area (Å²) >= 11 is 0. The van der Waals surface area contributed by atoms with Crippen LogP contribution in [0.4, 0.5) is 14.9 Å². The van der Waals surface area contributed by atoms with Crippen LogP contribution in [-0.2, 0) is 21.2 Å². The van der Waals surface area contributed by atoms with Gasteiger partial charge in [0.25, 0.3) is 0 Å². The van der Waals surface area contributed by atoms with Gasteiger partial charge in [-0.05, 0) is 36.6 Å². The molecule has 1 atom stereocenters. The van der Waals surface area contributed by atoms with Crippen molar-refractivity contribution >= 4 is 21.8 Å². The third kappa shape index (κ3) is 5.51. The molecule has 2 aromatic rings. The Bertz CT molecular complexity index is 890. The summed E-state index contributed by atoms with van der Waals surface area (Å²) in [6.45, 7) is 0.153. The molecule has 0 aromatic heterocycles. The number of cyclic esters (lactones) is 1. The van der Waals surface area contributed by atoms with Gasteiger partial charge >= 0.3 is 6.09 Å². The summed E-state index contributed by atoms with van der Waals surface area (Å²) in [5.41, 5.74) is 1.47. The molecule has 1 unspecified atom stereocenters. The number of anilines is 1. The first-order valence-electron chi connectivity index (χ1n) is 8.68. The molecular formula is C19H21FN2O4S. The summed E-state index contributed by atoms with van der Waals surface area (Å²) in [6.07, 6.45) is -0.0641. The van der Waals surface area contributed by atoms with Crippen LogP contribution < -0.4 is 9.62 Å². The zero-order valence-electron chi connectivity index (χ0n) is 14.7. The van der Waals surface area contributed by atoms with Crippen LogP contribution in [0.15, 0.2) is 54.6 Å². The fraction of sp³-hybridized carbons (Fsp3) is 0.316. The van der Waals surface area contributed by atoms with Gasteiger partial charge in [0.05, 0.1) is 18.0 Å². The lowest BCUT2D eigenvalue weighted by Crippen LogP contribution is -2.36. The van der Waals surface area contributed by atoms with Crippen LogP contribution in [0.3, 0.4) is 0 Å². The molecule has 6 nitrogen and oxygen atoms in total. The number of nitrogens with zero attached hydrogens (tertiary/aromatic N) is 1. The Morgan fingerprint density at radius 3 is 2.67 bits per heavy atom. The van der Waals surface area contributed by atoms with E-state index in [1.165, 1.54) is 23.1 Å². The lowest BCUT2D eigenvalue weighted by molar-refractivity contribution is 0.143. The average molecular weight is 392 g/mol. The molecular weight excluding hydrogens is 371 g/mol. The van der Waals surface area contributed by atoms with Gasteiger partial charge in [0.1, 0.15) is 11.9 Å². The Morgan fingerprint density at radius 2 is 1.93 bits per heavy atom. The molecule has 0 saturated carbocycles. The highest BCUT2D eigenvalue weighted by Gasteiger charge is 2.33. The van der Waals surface area contributed by atoms with E-state index in [-0.39, 0.29) is 18.8 Å². The number of aryl methyl sites for hydroxylation is 1. The molecule has 27 heavy (non-hydrogen) atoms. The quantitative estimate of drug-likeness (QED) is 0.750. The molecule has 1 heterocycles. The molecule has 1 saturated heterocycles. The minimum atomic E-state index is -3.47. The topological polar surface area (TPSA) is 75.7 Å². The molecule has 0 bridgehead atoms. The highest BCUT2D eigenvalue weighted by atomic mass is 32.2. The minimum absolute atomic E-state index is 0.00380. The van der Waals surface area contributed by atoms with Gasteiger partial charge < -0.3 is 4.74 Å². The third-order valence-corrected chi connectivity index (χ3v) is 5.68. The summed E-state index contributed by atoms with van der Waals surface area (Å²) in [7, 11) is -3.47. The maximum atomic E-state index is 13.3. The van der Waals surface area contributed by atoms with Crippen molar-refractivity contribution in [3.05, 3.63) is 66.0 Å². The van der Waals surface area contributed by atoms with Crippen LogP contribution in [0, 0.1) is 5.82 Å². The molecule has 1 aliphatic rings. The smallest absolute Gasteiger partial charge is 0.414 e. The lowest BCUT2D eigenvalue weighted by Gasteiger charge is -2.13. The number of ether oxygens (including phenoxy) is 1. The molecule has 144 valence electrons. The first-order chi connectivity index (χ1) is 12.9. The van der Waals surface area contributed by atoms with Gasteiger partial charge in [-0.15, -0.1) is 0 Å². The number of hydrogen-bond donors (Lipinski definition) is 1. The van der Waals surface area contributed by atoms with Gasteiger partial charge in [-0.3, -0.25) is 4.90 Å². The maximum Gasteiger partial charge on any atom is 0.414 e. The zero-order chi connectivity index (χ0) is 19.3. The summed E-state index contributed by atoms with van der Waals surface area (Å²) in [5.74, 6) is -0.459. The van der Waals surface area contributed by atoms with E-state index in [4.69, 9.17) is 4.74 Å². The number of rotatable bonds is 8. The predicted molar refractivity (Wildman–Crippen MR) is 101 cm³/mol. The molecule has 0 radical (unpaired) electrons. The molecule has 3 rings (SSSR count). The minimum Gasteiger partial charge on any atom is -0.443 e. The van der Waals surface area contributed by atoms with Crippen LogP contribution in [0.2, 0.25) is 0 Å². The van der Waals surface area contributed by atoms with Crippen molar-refractivity contribution in [2.45, 2.75) is 18.9 Å². The molecule has 1 fully saturated rings. The maximum absolute atomic E-state index is 13.3. The van der Waals surface area contributed by atoms with E-state index in [2.05, 4.69) is 4.72 Å². The van der Waals surface area contributed by atoms with Gasteiger partial charge in [0.15, 0.2) is 0 Å². The Morgan fingerprint density at radius 1 is 1.15 bits per heavy atom. The highest BCUT2D eigenvalue weighted by Crippen LogP contribution is 2.22. The second-order valence-corrected chi connectivity index (χ2v) is 8.28. The van der Waals surface area contributed by atoms with Gasteiger partial charge in [0.2, 0.25) is 10.0 Å². The van der Waals surface area contributed by atoms with E-state index in [0.29, 0.717) is 18.5 Å². The summed E-state index contributed by atoms with van der Waals surface area (Å²) < 4.78 is 45.3. The molecule has 0 spiro atoms. The summed E-state index contributed by atoms with van der Waals surface area (Å²) in [4.78, 5) is 13.2. The number of amides is 1. The monoisotopic (exact) mass is 392 g/mol. The lowest BCUT2D eigenvalue weighted by atomic mass is 10.1. The van der Waals surface area contributed by atoms with Crippen molar-refractivity contribution in [3.63, 3.8) is 0 Å². The van der Waals surface area contributed by atoms with Crippen LogP contribution in [-0.4, -0.2) is 39.5 Å². The number of carbonyl (C=O) groups is 1. The Kier molecular flexibility index (Phi) is 6.08. The van der Waals surface area contributed by atoms with Crippen molar-refractivity contribution in [1.29, 1.82) is 0 Å². The average Bonchev–Trinajstić information content (AvgIpc) is 3.02. The summed E-state index contributed by atoms with van der Waals surface area (Å²) in [6, 6.07) is 15.3. The predicted octanol–water partition coefficient (Wildman–Crippen LogP) is 2.70. The number of benzene rings is 2. The van der Waals surface area contributed by atoms with Gasteiger partial charge in [-0.1, -0.05) is 36.4 Å². The van der Waals surface area contributed by atoms with Crippen LogP contribution in [0.1, 0.15) is 12.0 Å². The molecule has 0 aliphatic carbocycles. The van der Waals surface area contributed by atoms with E-state index in [9.17, 15) is 17.6 Å². The second kappa shape index (κ2) is 8.49. The second-order valence-electron chi connectivity index (χ2n) is 6.35. The number of hydrogen-bond acceptors (Lipinski definition) is 4. The first kappa shape index (κ1) is 19.3. The van der Waals surface area contributed by atoms with Crippen molar-refractivity contribution in [2.75, 3.05) is 23.7 Å². The largest absolute Gasteiger partial charge is 0.443 e. The van der Waals surface area contributed by atoms with Crippen molar-refractivity contribution < 1.29 is 22.3 Å². The van der Waals surface area contributed by atoms with E-state index >= 15 is 0 Å². The molecule has 1 aliphatic heterocycles. The van der Waals surface area contributed by atoms with Gasteiger partial charge in [0, 0.05) is 6.54 Å². The van der Waals surface area contributed by atoms with E-state index in [1.54, 1.807) is 6.07 Å². The van der Waals surface area contributed by atoms with E-state index in [1.807, 2.05) is 30.3 Å². The molecule has 2 aromatic carbocycles. The Hall–Kier alpha value is -2.45. The van der Waals surface area contributed by atoms with Gasteiger partial charge in [-0.2, -0.15) is 0 Å². The van der Waals surface area contributed by atoms with Crippen molar-refractivity contribution in [1.82, 2.24) is 4.72 Å². The number of nitrogens with one attached hydrogen (secondary N) is 1. The highest BCUT2D eigenvalue weighted by molar-refractivity contribution is 7.89. The normalized spacial score (nSPS) is 17.1. The van der Waals surface area contributed by atoms with Crippen LogP contribution >= 0.6 is 0 Å². The molecule has 8 heteroatoms. The Labute approximate surface area is 158 Å². The Balaban J connectivity index is 1.47. The van der Waals surface area contributed by atoms with E-state index in [0.717, 1.165) is 5.56 Å². The van der Waals surface area contributed by atoms with Crippen molar-refractivity contribution in [2.24, 2.45) is 0 Å². The molecule has 1 amide bonds. The first-order valence-corrected chi connectivity index (χ1v) is 10.3. The zero-order valence-corrected chi connectivity index (χ0v) is 15.5. The number of sulfonamides is 1. The van der Waals surface area contributed by atoms with Crippen LogP contribution in [0.25, 0.3) is 0 Å². The third-order valence-electron chi connectivity index (χ3n) is 4.25. The van der Waals surface area contributed by atoms with Crippen LogP contribution in [0.5, 0.6) is 0 Å².